The zero-order valence-corrected chi connectivity index (χ0v) is 8.76. The van der Waals surface area contributed by atoms with E-state index in [2.05, 4.69) is 20.8 Å². The lowest BCUT2D eigenvalue weighted by Crippen LogP contribution is -2.28. The van der Waals surface area contributed by atoms with Crippen molar-refractivity contribution < 1.29 is 4.79 Å². The third-order valence-corrected chi connectivity index (χ3v) is 3.49. The van der Waals surface area contributed by atoms with Gasteiger partial charge in [0.05, 0.1) is 0 Å². The molecule has 2 rings (SSSR count). The fourth-order valence-electron chi connectivity index (χ4n) is 3.11. The Labute approximate surface area is 80.2 Å². The SMILES string of the molecule is C[C@H]1CC(C)(C)CC2=CC(=O)C[C@@H]21. The predicted molar refractivity (Wildman–Crippen MR) is 53.4 cm³/mol. The van der Waals surface area contributed by atoms with Gasteiger partial charge in [0, 0.05) is 6.42 Å². The lowest BCUT2D eigenvalue weighted by Gasteiger charge is -2.39. The molecule has 2 aliphatic rings. The maximum absolute atomic E-state index is 11.3. The van der Waals surface area contributed by atoms with E-state index >= 15 is 0 Å². The molecule has 1 heteroatoms. The first-order valence-electron chi connectivity index (χ1n) is 5.21. The van der Waals surface area contributed by atoms with E-state index < -0.39 is 0 Å². The molecule has 0 radical (unpaired) electrons. The minimum Gasteiger partial charge on any atom is -0.295 e. The first-order chi connectivity index (χ1) is 5.98. The summed E-state index contributed by atoms with van der Waals surface area (Å²) in [6, 6.07) is 0. The summed E-state index contributed by atoms with van der Waals surface area (Å²) in [6.07, 6.45) is 5.09. The molecule has 0 aromatic heterocycles. The molecule has 0 bridgehead atoms. The van der Waals surface area contributed by atoms with Crippen LogP contribution in [-0.2, 0) is 4.79 Å². The van der Waals surface area contributed by atoms with Crippen molar-refractivity contribution in [3.63, 3.8) is 0 Å². The van der Waals surface area contributed by atoms with Gasteiger partial charge in [-0.1, -0.05) is 26.3 Å². The minimum atomic E-state index is 0.351. The molecule has 0 aromatic rings. The Balaban J connectivity index is 2.25. The van der Waals surface area contributed by atoms with Gasteiger partial charge in [-0.05, 0) is 36.2 Å². The van der Waals surface area contributed by atoms with Gasteiger partial charge in [0.15, 0.2) is 5.78 Å². The fraction of sp³-hybridized carbons (Fsp3) is 0.750. The highest BCUT2D eigenvalue weighted by Crippen LogP contribution is 2.48. The van der Waals surface area contributed by atoms with E-state index in [0.717, 1.165) is 12.8 Å². The van der Waals surface area contributed by atoms with Crippen LogP contribution in [0, 0.1) is 17.3 Å². The van der Waals surface area contributed by atoms with Crippen LogP contribution in [0.2, 0.25) is 0 Å². The molecule has 0 amide bonds. The second kappa shape index (κ2) is 2.70. The van der Waals surface area contributed by atoms with Crippen LogP contribution >= 0.6 is 0 Å². The molecule has 0 aliphatic heterocycles. The van der Waals surface area contributed by atoms with Crippen molar-refractivity contribution in [2.45, 2.75) is 40.0 Å². The van der Waals surface area contributed by atoms with Gasteiger partial charge in [-0.25, -0.2) is 0 Å². The largest absolute Gasteiger partial charge is 0.295 e. The van der Waals surface area contributed by atoms with Crippen LogP contribution in [0.1, 0.15) is 40.0 Å². The number of fused-ring (bicyclic) bond motifs is 1. The summed E-state index contributed by atoms with van der Waals surface area (Å²) in [5, 5.41) is 0. The number of carbonyl (C=O) groups excluding carboxylic acids is 1. The monoisotopic (exact) mass is 178 g/mol. The molecule has 0 N–H and O–H groups in total. The highest BCUT2D eigenvalue weighted by molar-refractivity contribution is 5.93. The lowest BCUT2D eigenvalue weighted by molar-refractivity contribution is -0.114. The Kier molecular flexibility index (Phi) is 1.86. The van der Waals surface area contributed by atoms with Gasteiger partial charge in [-0.15, -0.1) is 0 Å². The predicted octanol–water partition coefficient (Wildman–Crippen LogP) is 2.96. The van der Waals surface area contributed by atoms with Gasteiger partial charge in [-0.3, -0.25) is 4.79 Å². The summed E-state index contributed by atoms with van der Waals surface area (Å²) in [5.74, 6) is 1.63. The molecule has 0 heterocycles. The van der Waals surface area contributed by atoms with Crippen molar-refractivity contribution in [3.05, 3.63) is 11.6 Å². The second-order valence-corrected chi connectivity index (χ2v) is 5.52. The topological polar surface area (TPSA) is 17.1 Å². The van der Waals surface area contributed by atoms with Crippen molar-refractivity contribution in [1.82, 2.24) is 0 Å². The maximum atomic E-state index is 11.3. The highest BCUT2D eigenvalue weighted by Gasteiger charge is 2.39. The zero-order chi connectivity index (χ0) is 9.64. The molecule has 0 spiro atoms. The maximum Gasteiger partial charge on any atom is 0.156 e. The number of hydrogen-bond donors (Lipinski definition) is 0. The van der Waals surface area contributed by atoms with Gasteiger partial charge in [-0.2, -0.15) is 0 Å². The molecule has 0 aromatic carbocycles. The van der Waals surface area contributed by atoms with E-state index in [1.165, 1.54) is 12.0 Å². The number of hydrogen-bond acceptors (Lipinski definition) is 1. The van der Waals surface area contributed by atoms with Crippen LogP contribution in [0.4, 0.5) is 0 Å². The Hall–Kier alpha value is -0.590. The summed E-state index contributed by atoms with van der Waals surface area (Å²) in [6.45, 7) is 6.91. The average Bonchev–Trinajstić information content (AvgIpc) is 2.27. The van der Waals surface area contributed by atoms with E-state index in [-0.39, 0.29) is 0 Å². The van der Waals surface area contributed by atoms with E-state index in [1.807, 2.05) is 6.08 Å². The molecule has 2 aliphatic carbocycles. The quantitative estimate of drug-likeness (QED) is 0.557. The molecule has 1 saturated carbocycles. The average molecular weight is 178 g/mol. The minimum absolute atomic E-state index is 0.351. The number of ketones is 1. The van der Waals surface area contributed by atoms with Gasteiger partial charge in [0.25, 0.3) is 0 Å². The Morgan fingerprint density at radius 3 is 2.85 bits per heavy atom. The summed E-state index contributed by atoms with van der Waals surface area (Å²) in [7, 11) is 0. The first-order valence-corrected chi connectivity index (χ1v) is 5.21. The summed E-state index contributed by atoms with van der Waals surface area (Å²) in [4.78, 5) is 11.3. The Bertz CT molecular complexity index is 273. The summed E-state index contributed by atoms with van der Waals surface area (Å²) < 4.78 is 0. The Morgan fingerprint density at radius 2 is 2.15 bits per heavy atom. The third-order valence-electron chi connectivity index (χ3n) is 3.49. The number of rotatable bonds is 0. The van der Waals surface area contributed by atoms with E-state index in [9.17, 15) is 4.79 Å². The molecule has 1 fully saturated rings. The smallest absolute Gasteiger partial charge is 0.156 e. The third kappa shape index (κ3) is 1.56. The van der Waals surface area contributed by atoms with Gasteiger partial charge in [0.1, 0.15) is 0 Å². The van der Waals surface area contributed by atoms with Gasteiger partial charge in [0.2, 0.25) is 0 Å². The van der Waals surface area contributed by atoms with Crippen LogP contribution in [0.15, 0.2) is 11.6 Å². The lowest BCUT2D eigenvalue weighted by atomic mass is 9.66. The molecule has 13 heavy (non-hydrogen) atoms. The molecule has 0 unspecified atom stereocenters. The van der Waals surface area contributed by atoms with Crippen LogP contribution in [0.3, 0.4) is 0 Å². The van der Waals surface area contributed by atoms with Crippen molar-refractivity contribution in [2.24, 2.45) is 17.3 Å². The molecular weight excluding hydrogens is 160 g/mol. The normalized spacial score (nSPS) is 37.2. The van der Waals surface area contributed by atoms with Gasteiger partial charge >= 0.3 is 0 Å². The molecule has 2 atom stereocenters. The van der Waals surface area contributed by atoms with E-state index in [1.54, 1.807) is 0 Å². The van der Waals surface area contributed by atoms with Gasteiger partial charge < -0.3 is 0 Å². The fourth-order valence-corrected chi connectivity index (χ4v) is 3.11. The highest BCUT2D eigenvalue weighted by atomic mass is 16.1. The van der Waals surface area contributed by atoms with Crippen molar-refractivity contribution in [3.8, 4) is 0 Å². The zero-order valence-electron chi connectivity index (χ0n) is 8.76. The summed E-state index contributed by atoms with van der Waals surface area (Å²) >= 11 is 0. The standard InChI is InChI=1S/C12H18O/c1-8-6-12(2,3)7-9-4-10(13)5-11(8)9/h4,8,11H,5-7H2,1-3H3/t8-,11+/m0/s1. The molecule has 72 valence electrons. The molecule has 0 saturated heterocycles. The number of carbonyl (C=O) groups is 1. The van der Waals surface area contributed by atoms with Crippen LogP contribution in [-0.4, -0.2) is 5.78 Å². The second-order valence-electron chi connectivity index (χ2n) is 5.52. The van der Waals surface area contributed by atoms with Crippen molar-refractivity contribution in [1.29, 1.82) is 0 Å². The van der Waals surface area contributed by atoms with Crippen LogP contribution in [0.5, 0.6) is 0 Å². The molecule has 1 nitrogen and oxygen atoms in total. The van der Waals surface area contributed by atoms with Crippen molar-refractivity contribution >= 4 is 5.78 Å². The molecular formula is C12H18O. The van der Waals surface area contributed by atoms with Crippen molar-refractivity contribution in [2.75, 3.05) is 0 Å². The van der Waals surface area contributed by atoms with Crippen LogP contribution < -0.4 is 0 Å². The first kappa shape index (κ1) is 8.98. The van der Waals surface area contributed by atoms with Crippen LogP contribution in [0.25, 0.3) is 0 Å². The number of allylic oxidation sites excluding steroid dienone is 2. The Morgan fingerprint density at radius 1 is 1.46 bits per heavy atom. The summed E-state index contributed by atoms with van der Waals surface area (Å²) in [5.41, 5.74) is 1.83. The van der Waals surface area contributed by atoms with E-state index in [4.69, 9.17) is 0 Å². The van der Waals surface area contributed by atoms with E-state index in [0.29, 0.717) is 23.0 Å².